The number of hydrogen-bond acceptors (Lipinski definition) is 4. The molecule has 0 unspecified atom stereocenters. The molecule has 5 heteroatoms. The Kier molecular flexibility index (Phi) is 4.66. The van der Waals surface area contributed by atoms with Crippen molar-refractivity contribution in [1.82, 2.24) is 4.98 Å². The molecule has 0 radical (unpaired) electrons. The fraction of sp³-hybridized carbons (Fsp3) is 0.125. The summed E-state index contributed by atoms with van der Waals surface area (Å²) >= 11 is 0. The highest BCUT2D eigenvalue weighted by molar-refractivity contribution is 6.07. The molecular formula is C16H14FNO3. The van der Waals surface area contributed by atoms with Gasteiger partial charge in [0.15, 0.2) is 5.78 Å². The summed E-state index contributed by atoms with van der Waals surface area (Å²) in [4.78, 5) is 16.0. The van der Waals surface area contributed by atoms with Gasteiger partial charge in [-0.3, -0.25) is 4.79 Å². The largest absolute Gasteiger partial charge is 0.497 e. The molecule has 108 valence electrons. The quantitative estimate of drug-likeness (QED) is 0.626. The summed E-state index contributed by atoms with van der Waals surface area (Å²) in [5.41, 5.74) is 0.714. The maximum atomic E-state index is 13.7. The lowest BCUT2D eigenvalue weighted by Gasteiger charge is -2.02. The molecule has 0 atom stereocenters. The number of ether oxygens (including phenoxy) is 2. The number of allylic oxidation sites excluding steroid dienone is 1. The van der Waals surface area contributed by atoms with Crippen LogP contribution in [0.15, 0.2) is 42.6 Å². The van der Waals surface area contributed by atoms with Crippen LogP contribution in [0.3, 0.4) is 0 Å². The van der Waals surface area contributed by atoms with Gasteiger partial charge in [-0.15, -0.1) is 0 Å². The molecule has 2 rings (SSSR count). The number of aromatic nitrogens is 1. The molecule has 0 aliphatic heterocycles. The van der Waals surface area contributed by atoms with Gasteiger partial charge in [0, 0.05) is 18.3 Å². The van der Waals surface area contributed by atoms with Crippen molar-refractivity contribution < 1.29 is 18.7 Å². The summed E-state index contributed by atoms with van der Waals surface area (Å²) in [5.74, 6) is -0.185. The molecule has 0 N–H and O–H groups in total. The molecule has 0 bridgehead atoms. The first-order chi connectivity index (χ1) is 10.1. The zero-order valence-corrected chi connectivity index (χ0v) is 11.7. The third-order valence-electron chi connectivity index (χ3n) is 2.84. The van der Waals surface area contributed by atoms with E-state index in [1.807, 2.05) is 0 Å². The number of benzene rings is 1. The summed E-state index contributed by atoms with van der Waals surface area (Å²) in [5, 5.41) is 0. The van der Waals surface area contributed by atoms with Crippen molar-refractivity contribution in [2.24, 2.45) is 0 Å². The Balaban J connectivity index is 2.14. The Morgan fingerprint density at radius 1 is 1.19 bits per heavy atom. The lowest BCUT2D eigenvalue weighted by molar-refractivity contribution is 0.104. The fourth-order valence-corrected chi connectivity index (χ4v) is 1.70. The van der Waals surface area contributed by atoms with E-state index in [9.17, 15) is 9.18 Å². The Morgan fingerprint density at radius 2 is 2.00 bits per heavy atom. The molecule has 0 aliphatic rings. The van der Waals surface area contributed by atoms with Gasteiger partial charge in [0.1, 0.15) is 11.6 Å². The van der Waals surface area contributed by atoms with Crippen LogP contribution in [0.5, 0.6) is 11.6 Å². The summed E-state index contributed by atoms with van der Waals surface area (Å²) < 4.78 is 23.6. The highest BCUT2D eigenvalue weighted by Gasteiger charge is 2.09. The van der Waals surface area contributed by atoms with E-state index in [1.54, 1.807) is 30.5 Å². The van der Waals surface area contributed by atoms with Gasteiger partial charge < -0.3 is 9.47 Å². The van der Waals surface area contributed by atoms with Crippen LogP contribution in [-0.4, -0.2) is 25.0 Å². The van der Waals surface area contributed by atoms with Crippen molar-refractivity contribution in [3.8, 4) is 11.6 Å². The van der Waals surface area contributed by atoms with Crippen molar-refractivity contribution in [2.45, 2.75) is 0 Å². The van der Waals surface area contributed by atoms with E-state index in [1.165, 1.54) is 32.4 Å². The Bertz CT molecular complexity index is 666. The summed E-state index contributed by atoms with van der Waals surface area (Å²) in [6.07, 6.45) is 4.43. The molecule has 0 amide bonds. The molecule has 0 saturated carbocycles. The molecule has 0 fully saturated rings. The van der Waals surface area contributed by atoms with Gasteiger partial charge in [-0.2, -0.15) is 0 Å². The number of rotatable bonds is 5. The minimum atomic E-state index is -0.614. The van der Waals surface area contributed by atoms with Gasteiger partial charge in [-0.1, -0.05) is 0 Å². The van der Waals surface area contributed by atoms with Gasteiger partial charge in [0.25, 0.3) is 0 Å². The maximum absolute atomic E-state index is 13.7. The first-order valence-corrected chi connectivity index (χ1v) is 6.20. The number of hydrogen-bond donors (Lipinski definition) is 0. The predicted octanol–water partition coefficient (Wildman–Crippen LogP) is 3.13. The Morgan fingerprint density at radius 3 is 2.57 bits per heavy atom. The second kappa shape index (κ2) is 6.65. The lowest BCUT2D eigenvalue weighted by atomic mass is 10.1. The molecule has 4 nitrogen and oxygen atoms in total. The first-order valence-electron chi connectivity index (χ1n) is 6.20. The number of carbonyl (C=O) groups is 1. The minimum Gasteiger partial charge on any atom is -0.497 e. The molecule has 2 aromatic rings. The molecule has 1 heterocycles. The maximum Gasteiger partial charge on any atom is 0.212 e. The zero-order valence-electron chi connectivity index (χ0n) is 11.7. The van der Waals surface area contributed by atoms with E-state index in [0.717, 1.165) is 5.56 Å². The Labute approximate surface area is 121 Å². The van der Waals surface area contributed by atoms with E-state index in [4.69, 9.17) is 9.47 Å². The van der Waals surface area contributed by atoms with Crippen LogP contribution in [0, 0.1) is 5.82 Å². The predicted molar refractivity (Wildman–Crippen MR) is 77.1 cm³/mol. The van der Waals surface area contributed by atoms with E-state index in [0.29, 0.717) is 11.6 Å². The Hall–Kier alpha value is -2.69. The molecule has 21 heavy (non-hydrogen) atoms. The highest BCUT2D eigenvalue weighted by atomic mass is 19.1. The van der Waals surface area contributed by atoms with Crippen LogP contribution in [-0.2, 0) is 0 Å². The summed E-state index contributed by atoms with van der Waals surface area (Å²) in [6, 6.07) is 7.54. The second-order valence-corrected chi connectivity index (χ2v) is 4.18. The normalized spacial score (nSPS) is 10.6. The van der Waals surface area contributed by atoms with Gasteiger partial charge in [0.2, 0.25) is 5.88 Å². The van der Waals surface area contributed by atoms with Crippen molar-refractivity contribution in [2.75, 3.05) is 14.2 Å². The van der Waals surface area contributed by atoms with Gasteiger partial charge in [0.05, 0.1) is 19.8 Å². The van der Waals surface area contributed by atoms with E-state index in [-0.39, 0.29) is 5.56 Å². The number of nitrogens with zero attached hydrogens (tertiary/aromatic N) is 1. The van der Waals surface area contributed by atoms with Crippen molar-refractivity contribution in [3.05, 3.63) is 59.5 Å². The fourth-order valence-electron chi connectivity index (χ4n) is 1.70. The van der Waals surface area contributed by atoms with Crippen LogP contribution < -0.4 is 9.47 Å². The smallest absolute Gasteiger partial charge is 0.212 e. The van der Waals surface area contributed by atoms with Crippen LogP contribution >= 0.6 is 0 Å². The lowest BCUT2D eigenvalue weighted by Crippen LogP contribution is -1.99. The summed E-state index contributed by atoms with van der Waals surface area (Å²) in [7, 11) is 2.96. The van der Waals surface area contributed by atoms with E-state index in [2.05, 4.69) is 4.98 Å². The monoisotopic (exact) mass is 287 g/mol. The number of halogens is 1. The second-order valence-electron chi connectivity index (χ2n) is 4.18. The highest BCUT2D eigenvalue weighted by Crippen LogP contribution is 2.17. The number of methoxy groups -OCH3 is 2. The molecule has 1 aromatic carbocycles. The molecule has 0 saturated heterocycles. The average molecular weight is 287 g/mol. The topological polar surface area (TPSA) is 48.4 Å². The van der Waals surface area contributed by atoms with E-state index < -0.39 is 11.6 Å². The SMILES string of the molecule is COc1ccc(C(=O)/C=C/c2ccc(OC)nc2)c(F)c1. The number of ketones is 1. The van der Waals surface area contributed by atoms with Crippen molar-refractivity contribution in [3.63, 3.8) is 0 Å². The van der Waals surface area contributed by atoms with Crippen LogP contribution in [0.25, 0.3) is 6.08 Å². The van der Waals surface area contributed by atoms with Crippen LogP contribution in [0.2, 0.25) is 0 Å². The first kappa shape index (κ1) is 14.7. The van der Waals surface area contributed by atoms with Crippen LogP contribution in [0.1, 0.15) is 15.9 Å². The molecule has 0 spiro atoms. The standard InChI is InChI=1S/C16H14FNO3/c1-20-12-5-6-13(14(17)9-12)15(19)7-3-11-4-8-16(21-2)18-10-11/h3-10H,1-2H3/b7-3+. The van der Waals surface area contributed by atoms with Gasteiger partial charge >= 0.3 is 0 Å². The summed E-state index contributed by atoms with van der Waals surface area (Å²) in [6.45, 7) is 0. The van der Waals surface area contributed by atoms with Crippen molar-refractivity contribution in [1.29, 1.82) is 0 Å². The number of carbonyl (C=O) groups excluding carboxylic acids is 1. The average Bonchev–Trinajstić information content (AvgIpc) is 2.52. The number of pyridine rings is 1. The van der Waals surface area contributed by atoms with E-state index >= 15 is 0 Å². The molecule has 1 aromatic heterocycles. The van der Waals surface area contributed by atoms with Crippen molar-refractivity contribution >= 4 is 11.9 Å². The van der Waals surface area contributed by atoms with Crippen LogP contribution in [0.4, 0.5) is 4.39 Å². The van der Waals surface area contributed by atoms with Gasteiger partial charge in [-0.25, -0.2) is 9.37 Å². The third kappa shape index (κ3) is 3.66. The van der Waals surface area contributed by atoms with Gasteiger partial charge in [-0.05, 0) is 35.9 Å². The minimum absolute atomic E-state index is 0.00600. The zero-order chi connectivity index (χ0) is 15.2. The third-order valence-corrected chi connectivity index (χ3v) is 2.84. The molecular weight excluding hydrogens is 273 g/mol. The molecule has 0 aliphatic carbocycles.